The minimum atomic E-state index is -0.551. The summed E-state index contributed by atoms with van der Waals surface area (Å²) < 4.78 is 21.1. The number of nitrogens with two attached hydrogens (primary N) is 1. The SMILES string of the molecule is COC(=O)c1cc(C2CC2)ccc1Cc1ccc(N)c(CC(=O)OC(C)(C)C)c1.COC(=O)c1cc(C2CC2)ccc1Cc1ccc(NCc2ccccc2)c(CC(=O)OC(C)(C)C)c1. The maximum atomic E-state index is 12.7. The standard InChI is InChI=1S/C31H35NO4.C24H29NO4/c1-31(2,3)36-29(33)19-26-17-22(10-15-28(26)32-20-21-8-6-5-7-9-21)16-25-14-13-24(23-11-12-23)18-27(25)30(34)35-4;1-24(2,3)29-22(26)14-19-12-15(5-10-21(19)25)11-18-9-8-17(16-6-7-16)13-20(18)23(27)28-4/h5-10,13-15,17-18,23,32H,11-12,16,19-20H2,1-4H3;5,8-10,12-13,16H,6-7,11,14,25H2,1-4H3. The molecule has 0 aromatic heterocycles. The molecule has 10 nitrogen and oxygen atoms in total. The largest absolute Gasteiger partial charge is 0.465 e. The van der Waals surface area contributed by atoms with E-state index >= 15 is 0 Å². The highest BCUT2D eigenvalue weighted by Crippen LogP contribution is 2.42. The Hall–Kier alpha value is -6.42. The van der Waals surface area contributed by atoms with Gasteiger partial charge in [0, 0.05) is 17.9 Å². The van der Waals surface area contributed by atoms with Crippen molar-refractivity contribution in [2.75, 3.05) is 25.3 Å². The normalized spacial score (nSPS) is 13.5. The molecule has 65 heavy (non-hydrogen) atoms. The van der Waals surface area contributed by atoms with Gasteiger partial charge in [0.05, 0.1) is 38.2 Å². The van der Waals surface area contributed by atoms with Gasteiger partial charge in [-0.25, -0.2) is 9.59 Å². The second kappa shape index (κ2) is 21.0. The molecule has 0 spiro atoms. The van der Waals surface area contributed by atoms with E-state index in [2.05, 4.69) is 29.6 Å². The molecule has 0 bridgehead atoms. The Kier molecular flexibility index (Phi) is 15.6. The van der Waals surface area contributed by atoms with Crippen LogP contribution in [-0.2, 0) is 60.8 Å². The van der Waals surface area contributed by atoms with Gasteiger partial charge in [-0.05, 0) is 166 Å². The second-order valence-electron chi connectivity index (χ2n) is 19.1. The lowest BCUT2D eigenvalue weighted by atomic mass is 9.94. The topological polar surface area (TPSA) is 143 Å². The van der Waals surface area contributed by atoms with E-state index in [4.69, 9.17) is 24.7 Å². The number of methoxy groups -OCH3 is 2. The van der Waals surface area contributed by atoms with E-state index < -0.39 is 11.2 Å². The molecule has 2 fully saturated rings. The molecular formula is C55H64N2O8. The summed E-state index contributed by atoms with van der Waals surface area (Å²) in [4.78, 5) is 49.8. The molecule has 0 radical (unpaired) electrons. The summed E-state index contributed by atoms with van der Waals surface area (Å²) in [5.41, 5.74) is 16.6. The fourth-order valence-corrected chi connectivity index (χ4v) is 7.73. The zero-order valence-corrected chi connectivity index (χ0v) is 39.2. The third-order valence-electron chi connectivity index (χ3n) is 11.2. The van der Waals surface area contributed by atoms with Crippen molar-refractivity contribution < 1.29 is 38.1 Å². The average molecular weight is 881 g/mol. The average Bonchev–Trinajstić information content (AvgIpc) is 4.19. The first-order chi connectivity index (χ1) is 30.9. The molecule has 342 valence electrons. The van der Waals surface area contributed by atoms with E-state index in [1.807, 2.05) is 114 Å². The predicted octanol–water partition coefficient (Wildman–Crippen LogP) is 10.8. The monoisotopic (exact) mass is 880 g/mol. The van der Waals surface area contributed by atoms with Crippen molar-refractivity contribution in [2.24, 2.45) is 0 Å². The van der Waals surface area contributed by atoms with E-state index in [0.29, 0.717) is 48.0 Å². The number of carbonyl (C=O) groups excluding carboxylic acids is 4. The summed E-state index contributed by atoms with van der Waals surface area (Å²) in [5, 5.41) is 3.47. The lowest BCUT2D eigenvalue weighted by Crippen LogP contribution is -2.25. The fourth-order valence-electron chi connectivity index (χ4n) is 7.73. The number of hydrogen-bond acceptors (Lipinski definition) is 10. The van der Waals surface area contributed by atoms with Gasteiger partial charge in [0.2, 0.25) is 0 Å². The van der Waals surface area contributed by atoms with Gasteiger partial charge >= 0.3 is 23.9 Å². The molecule has 5 aromatic carbocycles. The van der Waals surface area contributed by atoms with Crippen LogP contribution in [-0.4, -0.2) is 49.3 Å². The van der Waals surface area contributed by atoms with Gasteiger partial charge in [-0.1, -0.05) is 78.9 Å². The molecule has 10 heteroatoms. The number of carbonyl (C=O) groups is 4. The molecule has 0 heterocycles. The van der Waals surface area contributed by atoms with Gasteiger partial charge in [-0.15, -0.1) is 0 Å². The van der Waals surface area contributed by atoms with E-state index in [1.165, 1.54) is 51.0 Å². The van der Waals surface area contributed by atoms with Crippen LogP contribution in [0.3, 0.4) is 0 Å². The van der Waals surface area contributed by atoms with E-state index in [1.54, 1.807) is 6.07 Å². The van der Waals surface area contributed by atoms with Crippen LogP contribution in [0.5, 0.6) is 0 Å². The highest BCUT2D eigenvalue weighted by molar-refractivity contribution is 5.92. The first kappa shape index (κ1) is 48.0. The molecule has 0 atom stereocenters. The van der Waals surface area contributed by atoms with Gasteiger partial charge in [0.25, 0.3) is 0 Å². The number of ether oxygens (including phenoxy) is 4. The smallest absolute Gasteiger partial charge is 0.338 e. The fraction of sp³-hybridized carbons (Fsp3) is 0.382. The van der Waals surface area contributed by atoms with Gasteiger partial charge in [-0.2, -0.15) is 0 Å². The van der Waals surface area contributed by atoms with E-state index in [9.17, 15) is 19.2 Å². The minimum absolute atomic E-state index is 0.113. The van der Waals surface area contributed by atoms with Crippen LogP contribution in [0, 0.1) is 0 Å². The maximum Gasteiger partial charge on any atom is 0.338 e. The van der Waals surface area contributed by atoms with E-state index in [-0.39, 0.29) is 36.7 Å². The number of nitrogens with one attached hydrogen (secondary N) is 1. The van der Waals surface area contributed by atoms with Crippen molar-refractivity contribution in [3.05, 3.63) is 164 Å². The first-order valence-electron chi connectivity index (χ1n) is 22.5. The van der Waals surface area contributed by atoms with Crippen molar-refractivity contribution >= 4 is 35.3 Å². The van der Waals surface area contributed by atoms with Gasteiger partial charge in [0.1, 0.15) is 11.2 Å². The number of anilines is 2. The Bertz CT molecular complexity index is 2490. The van der Waals surface area contributed by atoms with Crippen molar-refractivity contribution in [1.29, 1.82) is 0 Å². The van der Waals surface area contributed by atoms with Crippen molar-refractivity contribution in [2.45, 2.75) is 122 Å². The number of nitrogen functional groups attached to an aromatic ring is 1. The Morgan fingerprint density at radius 1 is 0.554 bits per heavy atom. The second-order valence-corrected chi connectivity index (χ2v) is 19.1. The third-order valence-corrected chi connectivity index (χ3v) is 11.2. The summed E-state index contributed by atoms with van der Waals surface area (Å²) in [6.07, 6.45) is 6.08. The molecule has 3 N–H and O–H groups in total. The van der Waals surface area contributed by atoms with Crippen LogP contribution < -0.4 is 11.1 Å². The number of rotatable bonds is 15. The number of hydrogen-bond donors (Lipinski definition) is 2. The van der Waals surface area contributed by atoms with Crippen LogP contribution in [0.4, 0.5) is 11.4 Å². The Labute approximate surface area is 384 Å². The Morgan fingerprint density at radius 2 is 1.02 bits per heavy atom. The summed E-state index contributed by atoms with van der Waals surface area (Å²) in [6, 6.07) is 34.1. The first-order valence-corrected chi connectivity index (χ1v) is 22.5. The molecular weight excluding hydrogens is 817 g/mol. The highest BCUT2D eigenvalue weighted by Gasteiger charge is 2.27. The van der Waals surface area contributed by atoms with Crippen LogP contribution in [0.15, 0.2) is 103 Å². The molecule has 7 rings (SSSR count). The van der Waals surface area contributed by atoms with Crippen molar-refractivity contribution in [3.63, 3.8) is 0 Å². The summed E-state index contributed by atoms with van der Waals surface area (Å²) >= 11 is 0. The molecule has 2 aliphatic carbocycles. The molecule has 0 unspecified atom stereocenters. The lowest BCUT2D eigenvalue weighted by molar-refractivity contribution is -0.155. The molecule has 5 aromatic rings. The van der Waals surface area contributed by atoms with Crippen LogP contribution in [0.25, 0.3) is 0 Å². The zero-order valence-electron chi connectivity index (χ0n) is 39.2. The maximum absolute atomic E-state index is 12.7. The number of esters is 4. The van der Waals surface area contributed by atoms with Gasteiger partial charge in [-0.3, -0.25) is 9.59 Å². The summed E-state index contributed by atoms with van der Waals surface area (Å²) in [5.74, 6) is -0.117. The van der Waals surface area contributed by atoms with Crippen LogP contribution >= 0.6 is 0 Å². The van der Waals surface area contributed by atoms with Gasteiger partial charge < -0.3 is 30.0 Å². The predicted molar refractivity (Wildman–Crippen MR) is 255 cm³/mol. The molecule has 2 saturated carbocycles. The van der Waals surface area contributed by atoms with Crippen molar-refractivity contribution in [3.8, 4) is 0 Å². The zero-order chi connectivity index (χ0) is 46.9. The van der Waals surface area contributed by atoms with E-state index in [0.717, 1.165) is 44.6 Å². The van der Waals surface area contributed by atoms with Crippen LogP contribution in [0.1, 0.15) is 150 Å². The molecule has 0 saturated heterocycles. The Morgan fingerprint density at radius 3 is 1.48 bits per heavy atom. The minimum Gasteiger partial charge on any atom is -0.465 e. The van der Waals surface area contributed by atoms with Gasteiger partial charge in [0.15, 0.2) is 0 Å². The lowest BCUT2D eigenvalue weighted by Gasteiger charge is -2.20. The summed E-state index contributed by atoms with van der Waals surface area (Å²) in [6.45, 7) is 11.8. The quantitative estimate of drug-likeness (QED) is 0.0592. The van der Waals surface area contributed by atoms with Crippen LogP contribution in [0.2, 0.25) is 0 Å². The molecule has 2 aliphatic rings. The number of benzene rings is 5. The summed E-state index contributed by atoms with van der Waals surface area (Å²) in [7, 11) is 2.82. The molecule has 0 amide bonds. The van der Waals surface area contributed by atoms with Crippen molar-refractivity contribution in [1.82, 2.24) is 0 Å². The molecule has 0 aliphatic heterocycles. The Balaban J connectivity index is 0.000000221. The highest BCUT2D eigenvalue weighted by atomic mass is 16.6. The third kappa shape index (κ3) is 14.5.